The summed E-state index contributed by atoms with van der Waals surface area (Å²) < 4.78 is 0. The lowest BCUT2D eigenvalue weighted by molar-refractivity contribution is 0.573. The first-order valence-electron chi connectivity index (χ1n) is 5.73. The van der Waals surface area contributed by atoms with Gasteiger partial charge in [-0.3, -0.25) is 0 Å². The Morgan fingerprint density at radius 2 is 1.06 bits per heavy atom. The van der Waals surface area contributed by atoms with Crippen LogP contribution in [0, 0.1) is 0 Å². The van der Waals surface area contributed by atoms with Crippen molar-refractivity contribution >= 4 is 11.4 Å². The predicted octanol–water partition coefficient (Wildman–Crippen LogP) is 3.45. The smallest absolute Gasteiger partial charge is 0.0391 e. The lowest BCUT2D eigenvalue weighted by Gasteiger charge is -2.28. The van der Waals surface area contributed by atoms with Crippen molar-refractivity contribution in [3.05, 3.63) is 23.3 Å². The van der Waals surface area contributed by atoms with Crippen molar-refractivity contribution in [2.45, 2.75) is 52.4 Å². The Hall–Kier alpha value is -1.18. The molecule has 0 atom stereocenters. The fourth-order valence-electron chi connectivity index (χ4n) is 1.92. The van der Waals surface area contributed by atoms with Crippen molar-refractivity contribution in [2.24, 2.45) is 0 Å². The van der Waals surface area contributed by atoms with Crippen LogP contribution >= 0.6 is 0 Å². The minimum Gasteiger partial charge on any atom is -0.399 e. The summed E-state index contributed by atoms with van der Waals surface area (Å²) in [5, 5.41) is 0. The third-order valence-corrected chi connectivity index (χ3v) is 2.82. The molecule has 1 rings (SSSR count). The molecule has 90 valence electrons. The largest absolute Gasteiger partial charge is 0.399 e. The second-order valence-corrected chi connectivity index (χ2v) is 6.53. The van der Waals surface area contributed by atoms with Gasteiger partial charge >= 0.3 is 0 Å². The van der Waals surface area contributed by atoms with E-state index < -0.39 is 0 Å². The normalized spacial score (nSPS) is 12.9. The number of nitrogens with two attached hydrogens (primary N) is 2. The van der Waals surface area contributed by atoms with Crippen molar-refractivity contribution < 1.29 is 0 Å². The van der Waals surface area contributed by atoms with E-state index in [9.17, 15) is 0 Å². The zero-order chi connectivity index (χ0) is 12.7. The van der Waals surface area contributed by atoms with E-state index in [1.54, 1.807) is 0 Å². The average Bonchev–Trinajstić information content (AvgIpc) is 2.04. The quantitative estimate of drug-likeness (QED) is 0.658. The van der Waals surface area contributed by atoms with E-state index in [0.29, 0.717) is 0 Å². The molecule has 1 aromatic rings. The van der Waals surface area contributed by atoms with Gasteiger partial charge < -0.3 is 11.5 Å². The van der Waals surface area contributed by atoms with Crippen LogP contribution in [0.2, 0.25) is 0 Å². The highest BCUT2D eigenvalue weighted by molar-refractivity contribution is 5.65. The predicted molar refractivity (Wildman–Crippen MR) is 72.7 cm³/mol. The SMILES string of the molecule is CC(C)(C)c1cc(N)cc(C(C)(C)C)c1N. The molecule has 0 saturated carbocycles. The molecule has 0 radical (unpaired) electrons. The Morgan fingerprint density at radius 1 is 0.750 bits per heavy atom. The molecule has 4 N–H and O–H groups in total. The van der Waals surface area contributed by atoms with Crippen LogP contribution in [-0.2, 0) is 10.8 Å². The Bertz CT molecular complexity index is 357. The number of anilines is 2. The molecule has 0 saturated heterocycles. The molecule has 0 amide bonds. The van der Waals surface area contributed by atoms with Gasteiger partial charge in [0.2, 0.25) is 0 Å². The summed E-state index contributed by atoms with van der Waals surface area (Å²) in [5.41, 5.74) is 16.2. The van der Waals surface area contributed by atoms with Crippen molar-refractivity contribution in [3.8, 4) is 0 Å². The van der Waals surface area contributed by atoms with Gasteiger partial charge in [0.25, 0.3) is 0 Å². The number of hydrogen-bond acceptors (Lipinski definition) is 2. The summed E-state index contributed by atoms with van der Waals surface area (Å²) in [5.74, 6) is 0. The van der Waals surface area contributed by atoms with Gasteiger partial charge in [-0.25, -0.2) is 0 Å². The Kier molecular flexibility index (Phi) is 2.97. The lowest BCUT2D eigenvalue weighted by Crippen LogP contribution is -2.20. The molecule has 1 aromatic carbocycles. The van der Waals surface area contributed by atoms with Crippen LogP contribution in [0.1, 0.15) is 52.7 Å². The molecule has 0 spiro atoms. The summed E-state index contributed by atoms with van der Waals surface area (Å²) in [6, 6.07) is 3.98. The van der Waals surface area contributed by atoms with Crippen molar-refractivity contribution in [1.29, 1.82) is 0 Å². The first-order valence-corrected chi connectivity index (χ1v) is 5.73. The van der Waals surface area contributed by atoms with Gasteiger partial charge in [0.15, 0.2) is 0 Å². The molecule has 0 aliphatic rings. The van der Waals surface area contributed by atoms with Crippen molar-refractivity contribution in [1.82, 2.24) is 0 Å². The van der Waals surface area contributed by atoms with E-state index in [2.05, 4.69) is 41.5 Å². The van der Waals surface area contributed by atoms with E-state index in [4.69, 9.17) is 11.5 Å². The zero-order valence-corrected chi connectivity index (χ0v) is 11.3. The third-order valence-electron chi connectivity index (χ3n) is 2.82. The fraction of sp³-hybridized carbons (Fsp3) is 0.571. The zero-order valence-electron chi connectivity index (χ0n) is 11.3. The average molecular weight is 220 g/mol. The summed E-state index contributed by atoms with van der Waals surface area (Å²) in [6.45, 7) is 12.9. The van der Waals surface area contributed by atoms with Gasteiger partial charge in [-0.15, -0.1) is 0 Å². The van der Waals surface area contributed by atoms with Crippen LogP contribution in [-0.4, -0.2) is 0 Å². The molecule has 2 nitrogen and oxygen atoms in total. The van der Waals surface area contributed by atoms with Crippen LogP contribution in [0.15, 0.2) is 12.1 Å². The van der Waals surface area contributed by atoms with Crippen molar-refractivity contribution in [2.75, 3.05) is 11.5 Å². The van der Waals surface area contributed by atoms with Gasteiger partial charge in [-0.05, 0) is 34.1 Å². The minimum absolute atomic E-state index is 0.0272. The number of benzene rings is 1. The highest BCUT2D eigenvalue weighted by Gasteiger charge is 2.24. The molecule has 0 aromatic heterocycles. The maximum Gasteiger partial charge on any atom is 0.0391 e. The summed E-state index contributed by atoms with van der Waals surface area (Å²) >= 11 is 0. The number of rotatable bonds is 0. The van der Waals surface area contributed by atoms with E-state index in [0.717, 1.165) is 22.5 Å². The van der Waals surface area contributed by atoms with E-state index in [-0.39, 0.29) is 10.8 Å². The van der Waals surface area contributed by atoms with Crippen LogP contribution in [0.3, 0.4) is 0 Å². The van der Waals surface area contributed by atoms with Gasteiger partial charge in [-0.1, -0.05) is 41.5 Å². The maximum absolute atomic E-state index is 6.27. The highest BCUT2D eigenvalue weighted by Crippen LogP contribution is 2.37. The van der Waals surface area contributed by atoms with E-state index >= 15 is 0 Å². The second-order valence-electron chi connectivity index (χ2n) is 6.53. The van der Waals surface area contributed by atoms with Crippen molar-refractivity contribution in [3.63, 3.8) is 0 Å². The van der Waals surface area contributed by atoms with Gasteiger partial charge in [-0.2, -0.15) is 0 Å². The maximum atomic E-state index is 6.27. The van der Waals surface area contributed by atoms with E-state index in [1.807, 2.05) is 12.1 Å². The second kappa shape index (κ2) is 3.69. The van der Waals surface area contributed by atoms with Crippen LogP contribution in [0.4, 0.5) is 11.4 Å². The lowest BCUT2D eigenvalue weighted by atomic mass is 9.78. The molecule has 0 aliphatic heterocycles. The first kappa shape index (κ1) is 12.9. The summed E-state index contributed by atoms with van der Waals surface area (Å²) in [4.78, 5) is 0. The van der Waals surface area contributed by atoms with E-state index in [1.165, 1.54) is 0 Å². The Balaban J connectivity index is 3.51. The minimum atomic E-state index is 0.0272. The van der Waals surface area contributed by atoms with Gasteiger partial charge in [0, 0.05) is 11.4 Å². The highest BCUT2D eigenvalue weighted by atomic mass is 14.6. The standard InChI is InChI=1S/C14H24N2/c1-13(2,3)10-7-9(15)8-11(12(10)16)14(4,5)6/h7-8H,15-16H2,1-6H3. The summed E-state index contributed by atoms with van der Waals surface area (Å²) in [7, 11) is 0. The number of nitrogen functional groups attached to an aromatic ring is 2. The molecular weight excluding hydrogens is 196 g/mol. The van der Waals surface area contributed by atoms with Crippen LogP contribution in [0.5, 0.6) is 0 Å². The Morgan fingerprint density at radius 3 is 1.31 bits per heavy atom. The van der Waals surface area contributed by atoms with Crippen LogP contribution in [0.25, 0.3) is 0 Å². The molecule has 0 unspecified atom stereocenters. The molecular formula is C14H24N2. The Labute approximate surface area is 99.0 Å². The number of hydrogen-bond donors (Lipinski definition) is 2. The third kappa shape index (κ3) is 2.49. The molecule has 0 aliphatic carbocycles. The molecule has 2 heteroatoms. The molecule has 0 heterocycles. The topological polar surface area (TPSA) is 52.0 Å². The van der Waals surface area contributed by atoms with Gasteiger partial charge in [0.05, 0.1) is 0 Å². The van der Waals surface area contributed by atoms with Gasteiger partial charge in [0.1, 0.15) is 0 Å². The molecule has 0 bridgehead atoms. The van der Waals surface area contributed by atoms with Crippen LogP contribution < -0.4 is 11.5 Å². The monoisotopic (exact) mass is 220 g/mol. The summed E-state index contributed by atoms with van der Waals surface area (Å²) in [6.07, 6.45) is 0. The first-order chi connectivity index (χ1) is 7.03. The molecule has 0 fully saturated rings. The fourth-order valence-corrected chi connectivity index (χ4v) is 1.92. The molecule has 16 heavy (non-hydrogen) atoms.